The highest BCUT2D eigenvalue weighted by atomic mass is 19.4. The van der Waals surface area contributed by atoms with Crippen LogP contribution in [0.4, 0.5) is 13.2 Å². The molecule has 0 aliphatic rings. The molecule has 0 unspecified atom stereocenters. The predicted octanol–water partition coefficient (Wildman–Crippen LogP) is 1.48. The van der Waals surface area contributed by atoms with E-state index in [1.807, 2.05) is 0 Å². The van der Waals surface area contributed by atoms with Gasteiger partial charge in [0.1, 0.15) is 11.7 Å². The molecule has 152 valence electrons. The lowest BCUT2D eigenvalue weighted by Crippen LogP contribution is -2.51. The number of carbonyl (C=O) groups is 2. The first kappa shape index (κ1) is 21.9. The molecule has 2 atom stereocenters. The van der Waals surface area contributed by atoms with Gasteiger partial charge in [0, 0.05) is 22.9 Å². The number of nitrogens with zero attached hydrogens (tertiary/aromatic N) is 1. The van der Waals surface area contributed by atoms with Crippen LogP contribution in [0.5, 0.6) is 0 Å². The van der Waals surface area contributed by atoms with Crippen LogP contribution in [0.2, 0.25) is 0 Å². The summed E-state index contributed by atoms with van der Waals surface area (Å²) in [6.45, 7) is 1.27. The number of aliphatic hydroxyl groups is 1. The first-order valence-corrected chi connectivity index (χ1v) is 8.20. The number of amides is 2. The van der Waals surface area contributed by atoms with Gasteiger partial charge < -0.3 is 10.4 Å². The lowest BCUT2D eigenvalue weighted by molar-refractivity contribution is -0.141. The van der Waals surface area contributed by atoms with E-state index >= 15 is 0 Å². The van der Waals surface area contributed by atoms with Gasteiger partial charge in [-0.05, 0) is 43.3 Å². The van der Waals surface area contributed by atoms with E-state index in [9.17, 15) is 27.9 Å². The Hall–Kier alpha value is -3.42. The number of nitrogens with one attached hydrogen (secondary N) is 2. The summed E-state index contributed by atoms with van der Waals surface area (Å²) in [5.41, 5.74) is 1.29. The summed E-state index contributed by atoms with van der Waals surface area (Å²) in [7, 11) is 0. The Labute approximate surface area is 163 Å². The normalized spacial score (nSPS) is 12.9. The van der Waals surface area contributed by atoms with E-state index in [2.05, 4.69) is 22.1 Å². The standard InChI is InChI=1S/C19H16F3N3O4/c1-11(26)16(18(28)25-29)24-17(27)14-7-4-12(5-8-14)2-3-13-6-9-15(23-10-13)19(20,21)22/h4-11,16,26,29H,1H3,(H,24,27)(H,25,28)/t11-,16+/m1/s1. The molecule has 0 aliphatic carbocycles. The van der Waals surface area contributed by atoms with Gasteiger partial charge in [-0.25, -0.2) is 5.48 Å². The summed E-state index contributed by atoms with van der Waals surface area (Å²) < 4.78 is 37.4. The number of hydrogen-bond donors (Lipinski definition) is 4. The fraction of sp³-hybridized carbons (Fsp3) is 0.211. The van der Waals surface area contributed by atoms with Crippen LogP contribution in [0.25, 0.3) is 0 Å². The molecule has 2 rings (SSSR count). The van der Waals surface area contributed by atoms with E-state index in [-0.39, 0.29) is 11.1 Å². The number of halogens is 3. The lowest BCUT2D eigenvalue weighted by Gasteiger charge is -2.19. The molecule has 1 aromatic heterocycles. The molecule has 0 spiro atoms. The molecular weight excluding hydrogens is 391 g/mol. The summed E-state index contributed by atoms with van der Waals surface area (Å²) in [6.07, 6.45) is -4.75. The van der Waals surface area contributed by atoms with Gasteiger partial charge in [0.25, 0.3) is 11.8 Å². The molecule has 4 N–H and O–H groups in total. The molecule has 10 heteroatoms. The Morgan fingerprint density at radius 1 is 1.07 bits per heavy atom. The number of hydrogen-bond acceptors (Lipinski definition) is 5. The van der Waals surface area contributed by atoms with Crippen LogP contribution in [0, 0.1) is 11.8 Å². The van der Waals surface area contributed by atoms with Crippen LogP contribution in [-0.4, -0.2) is 39.3 Å². The van der Waals surface area contributed by atoms with E-state index in [0.29, 0.717) is 5.56 Å². The number of aliphatic hydroxyl groups excluding tert-OH is 1. The number of rotatable bonds is 4. The quantitative estimate of drug-likeness (QED) is 0.349. The van der Waals surface area contributed by atoms with Gasteiger partial charge in [-0.15, -0.1) is 0 Å². The number of carbonyl (C=O) groups excluding carboxylic acids is 2. The molecular formula is C19H16F3N3O4. The molecule has 2 aromatic rings. The third-order valence-electron chi connectivity index (χ3n) is 3.71. The number of aromatic nitrogens is 1. The summed E-state index contributed by atoms with van der Waals surface area (Å²) >= 11 is 0. The predicted molar refractivity (Wildman–Crippen MR) is 94.5 cm³/mol. The Balaban J connectivity index is 2.08. The largest absolute Gasteiger partial charge is 0.433 e. The number of pyridine rings is 1. The summed E-state index contributed by atoms with van der Waals surface area (Å²) in [6, 6.07) is 6.53. The second-order valence-electron chi connectivity index (χ2n) is 5.93. The van der Waals surface area contributed by atoms with Crippen molar-refractivity contribution < 1.29 is 33.1 Å². The van der Waals surface area contributed by atoms with Crippen LogP contribution in [0.15, 0.2) is 42.6 Å². The maximum absolute atomic E-state index is 12.5. The van der Waals surface area contributed by atoms with Crippen molar-refractivity contribution in [2.75, 3.05) is 0 Å². The highest BCUT2D eigenvalue weighted by molar-refractivity contribution is 5.97. The zero-order valence-electron chi connectivity index (χ0n) is 15.0. The van der Waals surface area contributed by atoms with Crippen LogP contribution >= 0.6 is 0 Å². The monoisotopic (exact) mass is 407 g/mol. The van der Waals surface area contributed by atoms with E-state index < -0.39 is 35.8 Å². The van der Waals surface area contributed by atoms with Crippen molar-refractivity contribution in [1.29, 1.82) is 0 Å². The Bertz CT molecular complexity index is 930. The third-order valence-corrected chi connectivity index (χ3v) is 3.71. The number of alkyl halides is 3. The minimum absolute atomic E-state index is 0.170. The van der Waals surface area contributed by atoms with Crippen molar-refractivity contribution in [3.63, 3.8) is 0 Å². The first-order valence-electron chi connectivity index (χ1n) is 8.20. The van der Waals surface area contributed by atoms with Crippen molar-refractivity contribution in [2.45, 2.75) is 25.2 Å². The zero-order valence-corrected chi connectivity index (χ0v) is 15.0. The average molecular weight is 407 g/mol. The van der Waals surface area contributed by atoms with Crippen molar-refractivity contribution in [2.24, 2.45) is 0 Å². The van der Waals surface area contributed by atoms with Gasteiger partial charge in [-0.3, -0.25) is 19.8 Å². The number of benzene rings is 1. The van der Waals surface area contributed by atoms with Gasteiger partial charge in [0.2, 0.25) is 0 Å². The highest BCUT2D eigenvalue weighted by Crippen LogP contribution is 2.27. The van der Waals surface area contributed by atoms with E-state index in [1.165, 1.54) is 42.7 Å². The smallest absolute Gasteiger partial charge is 0.391 e. The Kier molecular flexibility index (Phi) is 6.93. The molecule has 0 bridgehead atoms. The minimum atomic E-state index is -4.52. The summed E-state index contributed by atoms with van der Waals surface area (Å²) in [5.74, 6) is 3.76. The molecule has 0 radical (unpaired) electrons. The van der Waals surface area contributed by atoms with Gasteiger partial charge in [-0.2, -0.15) is 13.2 Å². The Morgan fingerprint density at radius 2 is 1.66 bits per heavy atom. The molecule has 7 nitrogen and oxygen atoms in total. The van der Waals surface area contributed by atoms with Crippen LogP contribution < -0.4 is 10.8 Å². The fourth-order valence-electron chi connectivity index (χ4n) is 2.18. The summed E-state index contributed by atoms with van der Waals surface area (Å²) in [4.78, 5) is 26.9. The maximum Gasteiger partial charge on any atom is 0.433 e. The van der Waals surface area contributed by atoms with E-state index in [1.54, 1.807) is 0 Å². The molecule has 29 heavy (non-hydrogen) atoms. The molecule has 1 aromatic carbocycles. The van der Waals surface area contributed by atoms with Gasteiger partial charge in [0.05, 0.1) is 6.10 Å². The first-order chi connectivity index (χ1) is 13.6. The van der Waals surface area contributed by atoms with Crippen LogP contribution in [0.1, 0.15) is 34.1 Å². The van der Waals surface area contributed by atoms with Gasteiger partial charge in [-0.1, -0.05) is 11.8 Å². The summed E-state index contributed by atoms with van der Waals surface area (Å²) in [5, 5.41) is 20.4. The molecule has 0 fully saturated rings. The van der Waals surface area contributed by atoms with E-state index in [4.69, 9.17) is 5.21 Å². The SMILES string of the molecule is C[C@@H](O)[C@H](NC(=O)c1ccc(C#Cc2ccc(C(F)(F)F)nc2)cc1)C(=O)NO. The average Bonchev–Trinajstić information content (AvgIpc) is 2.69. The second-order valence-corrected chi connectivity index (χ2v) is 5.93. The van der Waals surface area contributed by atoms with Crippen LogP contribution in [-0.2, 0) is 11.0 Å². The Morgan fingerprint density at radius 3 is 2.14 bits per heavy atom. The molecule has 2 amide bonds. The van der Waals surface area contributed by atoms with Crippen molar-refractivity contribution in [1.82, 2.24) is 15.8 Å². The molecule has 0 saturated carbocycles. The zero-order chi connectivity index (χ0) is 21.6. The van der Waals surface area contributed by atoms with Crippen molar-refractivity contribution in [3.05, 3.63) is 65.0 Å². The lowest BCUT2D eigenvalue weighted by atomic mass is 10.1. The van der Waals surface area contributed by atoms with Gasteiger partial charge in [0.15, 0.2) is 0 Å². The van der Waals surface area contributed by atoms with E-state index in [0.717, 1.165) is 12.3 Å². The molecule has 1 heterocycles. The third kappa shape index (κ3) is 6.03. The topological polar surface area (TPSA) is 112 Å². The fourth-order valence-corrected chi connectivity index (χ4v) is 2.18. The van der Waals surface area contributed by atoms with Crippen molar-refractivity contribution in [3.8, 4) is 11.8 Å². The minimum Gasteiger partial charge on any atom is -0.391 e. The maximum atomic E-state index is 12.5. The molecule has 0 aliphatic heterocycles. The molecule has 0 saturated heterocycles. The highest BCUT2D eigenvalue weighted by Gasteiger charge is 2.32. The van der Waals surface area contributed by atoms with Crippen LogP contribution in [0.3, 0.4) is 0 Å². The van der Waals surface area contributed by atoms with Crippen molar-refractivity contribution >= 4 is 11.8 Å². The second kappa shape index (κ2) is 9.18. The number of hydroxylamine groups is 1. The van der Waals surface area contributed by atoms with Gasteiger partial charge >= 0.3 is 6.18 Å².